The van der Waals surface area contributed by atoms with Gasteiger partial charge in [-0.3, -0.25) is 0 Å². The Morgan fingerprint density at radius 2 is 1.31 bits per heavy atom. The summed E-state index contributed by atoms with van der Waals surface area (Å²) in [6.45, 7) is 6.85. The first-order chi connectivity index (χ1) is 7.66. The predicted octanol–water partition coefficient (Wildman–Crippen LogP) is 4.89. The molecule has 1 atom stereocenters. The summed E-state index contributed by atoms with van der Waals surface area (Å²) < 4.78 is 0. The fourth-order valence-corrected chi connectivity index (χ4v) is 2.12. The van der Waals surface area contributed by atoms with Gasteiger partial charge in [-0.25, -0.2) is 0 Å². The summed E-state index contributed by atoms with van der Waals surface area (Å²) in [7, 11) is 0. The lowest BCUT2D eigenvalue weighted by Crippen LogP contribution is -2.19. The van der Waals surface area contributed by atoms with Crippen LogP contribution in [0.4, 0.5) is 0 Å². The van der Waals surface area contributed by atoms with Crippen LogP contribution in [0.3, 0.4) is 0 Å². The number of rotatable bonds is 11. The summed E-state index contributed by atoms with van der Waals surface area (Å²) in [6.07, 6.45) is 13.4. The Balaban J connectivity index is 3.14. The van der Waals surface area contributed by atoms with Crippen LogP contribution in [0.1, 0.15) is 85.0 Å². The zero-order chi connectivity index (χ0) is 12.2. The minimum absolute atomic E-state index is 0.463. The molecule has 0 spiro atoms. The minimum Gasteiger partial charge on any atom is -0.328 e. The van der Waals surface area contributed by atoms with Crippen molar-refractivity contribution in [1.82, 2.24) is 0 Å². The molecular weight excluding hydrogens is 194 g/mol. The quantitative estimate of drug-likeness (QED) is 0.500. The summed E-state index contributed by atoms with van der Waals surface area (Å²) in [6, 6.07) is 0.463. The van der Waals surface area contributed by atoms with E-state index in [1.54, 1.807) is 0 Å². The number of unbranched alkanes of at least 4 members (excludes halogenated alkanes) is 5. The molecule has 0 aliphatic carbocycles. The van der Waals surface area contributed by atoms with Gasteiger partial charge in [-0.05, 0) is 18.8 Å². The molecule has 1 heteroatoms. The summed E-state index contributed by atoms with van der Waals surface area (Å²) in [5.41, 5.74) is 6.10. The van der Waals surface area contributed by atoms with Crippen LogP contribution in [0.15, 0.2) is 0 Å². The lowest BCUT2D eigenvalue weighted by Gasteiger charge is -2.12. The third-order valence-electron chi connectivity index (χ3n) is 3.28. The molecule has 0 saturated heterocycles. The van der Waals surface area contributed by atoms with E-state index in [4.69, 9.17) is 5.73 Å². The van der Waals surface area contributed by atoms with Gasteiger partial charge < -0.3 is 5.73 Å². The van der Waals surface area contributed by atoms with Crippen molar-refractivity contribution >= 4 is 0 Å². The van der Waals surface area contributed by atoms with Gasteiger partial charge in [0.1, 0.15) is 0 Å². The van der Waals surface area contributed by atoms with Crippen LogP contribution in [-0.2, 0) is 0 Å². The Kier molecular flexibility index (Phi) is 11.4. The lowest BCUT2D eigenvalue weighted by molar-refractivity contribution is 0.464. The molecule has 0 aromatic heterocycles. The summed E-state index contributed by atoms with van der Waals surface area (Å²) in [4.78, 5) is 0. The minimum atomic E-state index is 0.463. The first-order valence-electron chi connectivity index (χ1n) is 7.42. The van der Waals surface area contributed by atoms with E-state index in [1.165, 1.54) is 64.2 Å². The van der Waals surface area contributed by atoms with Gasteiger partial charge in [-0.15, -0.1) is 0 Å². The van der Waals surface area contributed by atoms with Crippen molar-refractivity contribution in [3.8, 4) is 0 Å². The fraction of sp³-hybridized carbons (Fsp3) is 1.00. The molecule has 2 N–H and O–H groups in total. The SMILES string of the molecule is CCCCCCCCC(N)CCCC(C)C. The van der Waals surface area contributed by atoms with E-state index >= 15 is 0 Å². The molecule has 0 aromatic carbocycles. The second-order valence-corrected chi connectivity index (χ2v) is 5.64. The molecule has 0 fully saturated rings. The molecule has 98 valence electrons. The second kappa shape index (κ2) is 11.4. The van der Waals surface area contributed by atoms with Crippen molar-refractivity contribution < 1.29 is 0 Å². The van der Waals surface area contributed by atoms with E-state index in [9.17, 15) is 0 Å². The monoisotopic (exact) mass is 227 g/mol. The Morgan fingerprint density at radius 1 is 0.750 bits per heavy atom. The smallest absolute Gasteiger partial charge is 0.00388 e. The van der Waals surface area contributed by atoms with Crippen molar-refractivity contribution in [2.75, 3.05) is 0 Å². The predicted molar refractivity (Wildman–Crippen MR) is 74.7 cm³/mol. The standard InChI is InChI=1S/C15H33N/c1-4-5-6-7-8-9-12-15(16)13-10-11-14(2)3/h14-15H,4-13,16H2,1-3H3. The molecule has 0 rings (SSSR count). The number of hydrogen-bond acceptors (Lipinski definition) is 1. The highest BCUT2D eigenvalue weighted by Crippen LogP contribution is 2.12. The molecule has 0 amide bonds. The lowest BCUT2D eigenvalue weighted by atomic mass is 9.99. The molecule has 0 saturated carbocycles. The number of nitrogens with two attached hydrogens (primary N) is 1. The maximum absolute atomic E-state index is 6.10. The van der Waals surface area contributed by atoms with E-state index in [0.29, 0.717) is 6.04 Å². The average Bonchev–Trinajstić information content (AvgIpc) is 2.22. The first kappa shape index (κ1) is 16.0. The van der Waals surface area contributed by atoms with E-state index in [-0.39, 0.29) is 0 Å². The third kappa shape index (κ3) is 12.0. The molecule has 16 heavy (non-hydrogen) atoms. The van der Waals surface area contributed by atoms with Crippen molar-refractivity contribution in [3.05, 3.63) is 0 Å². The van der Waals surface area contributed by atoms with Crippen LogP contribution >= 0.6 is 0 Å². The van der Waals surface area contributed by atoms with E-state index in [0.717, 1.165) is 5.92 Å². The molecule has 0 aliphatic heterocycles. The highest BCUT2D eigenvalue weighted by Gasteiger charge is 2.03. The van der Waals surface area contributed by atoms with Crippen LogP contribution in [0.2, 0.25) is 0 Å². The number of hydrogen-bond donors (Lipinski definition) is 1. The fourth-order valence-electron chi connectivity index (χ4n) is 2.12. The molecule has 0 radical (unpaired) electrons. The molecule has 1 nitrogen and oxygen atoms in total. The largest absolute Gasteiger partial charge is 0.328 e. The van der Waals surface area contributed by atoms with E-state index in [2.05, 4.69) is 20.8 Å². The van der Waals surface area contributed by atoms with Gasteiger partial charge in [0.15, 0.2) is 0 Å². The Labute approximate surface area is 103 Å². The molecule has 0 heterocycles. The zero-order valence-electron chi connectivity index (χ0n) is 11.8. The Hall–Kier alpha value is -0.0400. The van der Waals surface area contributed by atoms with E-state index < -0.39 is 0 Å². The van der Waals surface area contributed by atoms with Crippen molar-refractivity contribution in [3.63, 3.8) is 0 Å². The van der Waals surface area contributed by atoms with Gasteiger partial charge in [-0.2, -0.15) is 0 Å². The molecule has 1 unspecified atom stereocenters. The maximum atomic E-state index is 6.10. The Morgan fingerprint density at radius 3 is 1.94 bits per heavy atom. The van der Waals surface area contributed by atoms with Crippen molar-refractivity contribution in [2.45, 2.75) is 91.0 Å². The summed E-state index contributed by atoms with van der Waals surface area (Å²) in [5, 5.41) is 0. The molecular formula is C15H33N. The normalized spacial score (nSPS) is 13.3. The van der Waals surface area contributed by atoms with Crippen molar-refractivity contribution in [2.24, 2.45) is 11.7 Å². The molecule has 0 aliphatic rings. The van der Waals surface area contributed by atoms with Crippen LogP contribution in [-0.4, -0.2) is 6.04 Å². The van der Waals surface area contributed by atoms with Gasteiger partial charge in [0, 0.05) is 6.04 Å². The topological polar surface area (TPSA) is 26.0 Å². The first-order valence-corrected chi connectivity index (χ1v) is 7.42. The zero-order valence-corrected chi connectivity index (χ0v) is 11.8. The van der Waals surface area contributed by atoms with Gasteiger partial charge in [0.2, 0.25) is 0 Å². The second-order valence-electron chi connectivity index (χ2n) is 5.64. The molecule has 0 bridgehead atoms. The van der Waals surface area contributed by atoms with Crippen molar-refractivity contribution in [1.29, 1.82) is 0 Å². The van der Waals surface area contributed by atoms with E-state index in [1.807, 2.05) is 0 Å². The summed E-state index contributed by atoms with van der Waals surface area (Å²) >= 11 is 0. The van der Waals surface area contributed by atoms with Gasteiger partial charge >= 0.3 is 0 Å². The summed E-state index contributed by atoms with van der Waals surface area (Å²) in [5.74, 6) is 0.834. The van der Waals surface area contributed by atoms with Crippen LogP contribution in [0.5, 0.6) is 0 Å². The van der Waals surface area contributed by atoms with Gasteiger partial charge in [0.05, 0.1) is 0 Å². The van der Waals surface area contributed by atoms with Gasteiger partial charge in [-0.1, -0.05) is 72.1 Å². The van der Waals surface area contributed by atoms with Gasteiger partial charge in [0.25, 0.3) is 0 Å². The average molecular weight is 227 g/mol. The third-order valence-corrected chi connectivity index (χ3v) is 3.28. The highest BCUT2D eigenvalue weighted by atomic mass is 14.6. The highest BCUT2D eigenvalue weighted by molar-refractivity contribution is 4.62. The van der Waals surface area contributed by atoms with Crippen LogP contribution < -0.4 is 5.73 Å². The van der Waals surface area contributed by atoms with Crippen LogP contribution in [0.25, 0.3) is 0 Å². The Bertz CT molecular complexity index is 131. The maximum Gasteiger partial charge on any atom is 0.00388 e. The van der Waals surface area contributed by atoms with Crippen LogP contribution in [0, 0.1) is 5.92 Å². The molecule has 0 aromatic rings.